The first kappa shape index (κ1) is 19.9. The van der Waals surface area contributed by atoms with Crippen molar-refractivity contribution in [2.45, 2.75) is 13.3 Å². The molecule has 0 aliphatic rings. The van der Waals surface area contributed by atoms with Crippen molar-refractivity contribution >= 4 is 23.2 Å². The normalized spacial score (nSPS) is 10.1. The molecule has 0 saturated heterocycles. The van der Waals surface area contributed by atoms with Gasteiger partial charge in [0.25, 0.3) is 11.8 Å². The van der Waals surface area contributed by atoms with E-state index in [1.807, 2.05) is 61.5 Å². The maximum Gasteiger partial charge on any atom is 0.276 e. The molecule has 29 heavy (non-hydrogen) atoms. The van der Waals surface area contributed by atoms with Gasteiger partial charge in [-0.3, -0.25) is 20.4 Å². The van der Waals surface area contributed by atoms with Gasteiger partial charge in [0.05, 0.1) is 0 Å². The van der Waals surface area contributed by atoms with Gasteiger partial charge >= 0.3 is 0 Å². The number of carbonyl (C=O) groups is 2. The minimum absolute atomic E-state index is 0.208. The van der Waals surface area contributed by atoms with Crippen molar-refractivity contribution in [1.82, 2.24) is 10.9 Å². The zero-order chi connectivity index (χ0) is 20.5. The molecule has 2 amide bonds. The highest BCUT2D eigenvalue weighted by molar-refractivity contribution is 5.95. The number of anilines is 2. The summed E-state index contributed by atoms with van der Waals surface area (Å²) < 4.78 is 5.45. The predicted octanol–water partition coefficient (Wildman–Crippen LogP) is 3.83. The summed E-state index contributed by atoms with van der Waals surface area (Å²) in [5, 5.41) is 3.27. The second kappa shape index (κ2) is 9.94. The molecule has 3 rings (SSSR count). The number of aryl methyl sites for hydroxylation is 1. The Morgan fingerprint density at radius 1 is 0.793 bits per heavy atom. The Balaban J connectivity index is 1.42. The van der Waals surface area contributed by atoms with Crippen molar-refractivity contribution in [1.29, 1.82) is 0 Å². The zero-order valence-electron chi connectivity index (χ0n) is 16.1. The van der Waals surface area contributed by atoms with Crippen LogP contribution in [0, 0.1) is 0 Å². The second-order valence-electron chi connectivity index (χ2n) is 6.36. The number of hydrogen-bond donors (Lipinski definition) is 3. The van der Waals surface area contributed by atoms with E-state index < -0.39 is 5.91 Å². The fourth-order valence-electron chi connectivity index (χ4n) is 2.60. The van der Waals surface area contributed by atoms with E-state index in [4.69, 9.17) is 4.74 Å². The van der Waals surface area contributed by atoms with Gasteiger partial charge in [0.15, 0.2) is 6.61 Å². The number of carbonyl (C=O) groups excluding carboxylic acids is 2. The van der Waals surface area contributed by atoms with Crippen LogP contribution in [0.4, 0.5) is 11.4 Å². The largest absolute Gasteiger partial charge is 0.484 e. The molecule has 0 heterocycles. The number of benzene rings is 3. The van der Waals surface area contributed by atoms with Gasteiger partial charge in [0.2, 0.25) is 0 Å². The Morgan fingerprint density at radius 3 is 2.10 bits per heavy atom. The maximum atomic E-state index is 12.0. The third-order valence-corrected chi connectivity index (χ3v) is 4.23. The van der Waals surface area contributed by atoms with Crippen LogP contribution in [-0.2, 0) is 11.2 Å². The molecule has 0 aromatic heterocycles. The van der Waals surface area contributed by atoms with Crippen molar-refractivity contribution in [3.8, 4) is 5.75 Å². The lowest BCUT2D eigenvalue weighted by atomic mass is 10.1. The standard InChI is InChI=1S/C23H23N3O3/c1-2-17-8-10-18(11-9-17)23(28)26-25-22(27)16-29-21-14-12-20(13-15-21)24-19-6-4-3-5-7-19/h3-15,24H,2,16H2,1H3,(H,25,27)(H,26,28). The van der Waals surface area contributed by atoms with Crippen LogP contribution in [0.1, 0.15) is 22.8 Å². The molecule has 3 N–H and O–H groups in total. The Morgan fingerprint density at radius 2 is 1.45 bits per heavy atom. The molecule has 0 radical (unpaired) electrons. The Kier molecular flexibility index (Phi) is 6.84. The van der Waals surface area contributed by atoms with Gasteiger partial charge in [-0.15, -0.1) is 0 Å². The molecule has 3 aromatic carbocycles. The van der Waals surface area contributed by atoms with E-state index in [-0.39, 0.29) is 12.5 Å². The number of para-hydroxylation sites is 1. The number of hydrazine groups is 1. The molecule has 0 saturated carbocycles. The predicted molar refractivity (Wildman–Crippen MR) is 113 cm³/mol. The molecule has 0 aliphatic heterocycles. The quantitative estimate of drug-likeness (QED) is 0.537. The molecule has 0 spiro atoms. The fraction of sp³-hybridized carbons (Fsp3) is 0.130. The molecule has 0 aliphatic carbocycles. The van der Waals surface area contributed by atoms with Gasteiger partial charge in [-0.05, 0) is 60.5 Å². The van der Waals surface area contributed by atoms with Crippen molar-refractivity contribution in [3.05, 3.63) is 90.0 Å². The van der Waals surface area contributed by atoms with Crippen LogP contribution in [0.5, 0.6) is 5.75 Å². The first-order valence-electron chi connectivity index (χ1n) is 9.37. The van der Waals surface area contributed by atoms with E-state index >= 15 is 0 Å². The van der Waals surface area contributed by atoms with E-state index in [1.165, 1.54) is 0 Å². The summed E-state index contributed by atoms with van der Waals surface area (Å²) in [6.45, 7) is 1.84. The van der Waals surface area contributed by atoms with Crippen LogP contribution in [0.15, 0.2) is 78.9 Å². The summed E-state index contributed by atoms with van der Waals surface area (Å²) >= 11 is 0. The van der Waals surface area contributed by atoms with Crippen LogP contribution in [-0.4, -0.2) is 18.4 Å². The van der Waals surface area contributed by atoms with Crippen molar-refractivity contribution < 1.29 is 14.3 Å². The number of nitrogens with one attached hydrogen (secondary N) is 3. The summed E-state index contributed by atoms with van der Waals surface area (Å²) in [6, 6.07) is 24.3. The SMILES string of the molecule is CCc1ccc(C(=O)NNC(=O)COc2ccc(Nc3ccccc3)cc2)cc1. The monoisotopic (exact) mass is 389 g/mol. The van der Waals surface area contributed by atoms with E-state index in [2.05, 4.69) is 16.2 Å². The molecular formula is C23H23N3O3. The minimum atomic E-state index is -0.449. The van der Waals surface area contributed by atoms with Gasteiger partial charge in [0, 0.05) is 16.9 Å². The Labute approximate surface area is 169 Å². The van der Waals surface area contributed by atoms with Crippen LogP contribution in [0.3, 0.4) is 0 Å². The highest BCUT2D eigenvalue weighted by Gasteiger charge is 2.08. The summed E-state index contributed by atoms with van der Waals surface area (Å²) in [4.78, 5) is 23.9. The van der Waals surface area contributed by atoms with Crippen LogP contribution in [0.25, 0.3) is 0 Å². The van der Waals surface area contributed by atoms with Crippen molar-refractivity contribution in [2.24, 2.45) is 0 Å². The highest BCUT2D eigenvalue weighted by atomic mass is 16.5. The van der Waals surface area contributed by atoms with Gasteiger partial charge in [0.1, 0.15) is 5.75 Å². The smallest absolute Gasteiger partial charge is 0.276 e. The third-order valence-electron chi connectivity index (χ3n) is 4.23. The Hall–Kier alpha value is -3.80. The summed E-state index contributed by atoms with van der Waals surface area (Å²) in [6.07, 6.45) is 0.902. The molecule has 6 heteroatoms. The average molecular weight is 389 g/mol. The lowest BCUT2D eigenvalue weighted by Crippen LogP contribution is -2.43. The zero-order valence-corrected chi connectivity index (χ0v) is 16.1. The van der Waals surface area contributed by atoms with Crippen molar-refractivity contribution in [2.75, 3.05) is 11.9 Å². The van der Waals surface area contributed by atoms with E-state index in [0.717, 1.165) is 23.4 Å². The minimum Gasteiger partial charge on any atom is -0.484 e. The fourth-order valence-corrected chi connectivity index (χ4v) is 2.60. The first-order chi connectivity index (χ1) is 14.1. The van der Waals surface area contributed by atoms with Gasteiger partial charge in [-0.2, -0.15) is 0 Å². The maximum absolute atomic E-state index is 12.0. The molecule has 0 fully saturated rings. The molecule has 3 aromatic rings. The van der Waals surface area contributed by atoms with Gasteiger partial charge in [-0.25, -0.2) is 0 Å². The Bertz CT molecular complexity index is 939. The second-order valence-corrected chi connectivity index (χ2v) is 6.36. The van der Waals surface area contributed by atoms with Gasteiger partial charge < -0.3 is 10.1 Å². The van der Waals surface area contributed by atoms with Crippen LogP contribution >= 0.6 is 0 Å². The van der Waals surface area contributed by atoms with Crippen molar-refractivity contribution in [3.63, 3.8) is 0 Å². The molecule has 6 nitrogen and oxygen atoms in total. The summed E-state index contributed by atoms with van der Waals surface area (Å²) in [5.41, 5.74) is 8.25. The van der Waals surface area contributed by atoms with E-state index in [1.54, 1.807) is 24.3 Å². The highest BCUT2D eigenvalue weighted by Crippen LogP contribution is 2.19. The number of ether oxygens (including phenoxy) is 1. The number of hydrogen-bond acceptors (Lipinski definition) is 4. The average Bonchev–Trinajstić information content (AvgIpc) is 2.77. The molecule has 0 bridgehead atoms. The van der Waals surface area contributed by atoms with Gasteiger partial charge in [-0.1, -0.05) is 37.3 Å². The summed E-state index contributed by atoms with van der Waals surface area (Å²) in [5.74, 6) is -0.271. The molecular weight excluding hydrogens is 366 g/mol. The van der Waals surface area contributed by atoms with Crippen LogP contribution < -0.4 is 20.9 Å². The lowest BCUT2D eigenvalue weighted by molar-refractivity contribution is -0.123. The topological polar surface area (TPSA) is 79.5 Å². The summed E-state index contributed by atoms with van der Waals surface area (Å²) in [7, 11) is 0. The number of rotatable bonds is 7. The van der Waals surface area contributed by atoms with Crippen LogP contribution in [0.2, 0.25) is 0 Å². The molecule has 0 unspecified atom stereocenters. The third kappa shape index (κ3) is 6.10. The first-order valence-corrected chi connectivity index (χ1v) is 9.37. The van der Waals surface area contributed by atoms with E-state index in [0.29, 0.717) is 11.3 Å². The number of amides is 2. The lowest BCUT2D eigenvalue weighted by Gasteiger charge is -2.10. The molecule has 148 valence electrons. The molecule has 0 atom stereocenters. The van der Waals surface area contributed by atoms with E-state index in [9.17, 15) is 9.59 Å².